The molecule has 0 saturated heterocycles. The molecule has 2 aromatic rings. The molecule has 2 aromatic carbocycles. The lowest BCUT2D eigenvalue weighted by atomic mass is 10.1. The topological polar surface area (TPSA) is 35.8 Å². The van der Waals surface area contributed by atoms with Crippen LogP contribution in [-0.2, 0) is 0 Å². The second kappa shape index (κ2) is 5.07. The molecule has 0 aliphatic rings. The van der Waals surface area contributed by atoms with Crippen molar-refractivity contribution in [3.63, 3.8) is 0 Å². The molecule has 0 saturated carbocycles. The average Bonchev–Trinajstić information content (AvgIpc) is 2.38. The number of halogens is 2. The summed E-state index contributed by atoms with van der Waals surface area (Å²) in [5.74, 6) is -1.04. The Morgan fingerprint density at radius 2 is 1.79 bits per heavy atom. The van der Waals surface area contributed by atoms with Gasteiger partial charge >= 0.3 is 0 Å². The normalized spacial score (nSPS) is 10.1. The van der Waals surface area contributed by atoms with Crippen LogP contribution >= 0.6 is 0 Å². The highest BCUT2D eigenvalue weighted by Gasteiger charge is 2.11. The highest BCUT2D eigenvalue weighted by atomic mass is 19.1. The van der Waals surface area contributed by atoms with Crippen molar-refractivity contribution < 1.29 is 8.78 Å². The molecule has 0 amide bonds. The number of nitrogens with one attached hydrogen (secondary N) is 1. The largest absolute Gasteiger partial charge is 0.352 e. The second-order valence-electron chi connectivity index (χ2n) is 4.32. The van der Waals surface area contributed by atoms with Crippen LogP contribution in [0.25, 0.3) is 0 Å². The minimum Gasteiger partial charge on any atom is -0.352 e. The fraction of sp³-hybridized carbons (Fsp3) is 0.133. The third-order valence-corrected chi connectivity index (χ3v) is 2.90. The summed E-state index contributed by atoms with van der Waals surface area (Å²) < 4.78 is 27.2. The lowest BCUT2D eigenvalue weighted by Gasteiger charge is -2.12. The number of nitrogens with zero attached hydrogens (tertiary/aromatic N) is 1. The van der Waals surface area contributed by atoms with Crippen molar-refractivity contribution in [3.8, 4) is 6.07 Å². The van der Waals surface area contributed by atoms with E-state index in [1.54, 1.807) is 25.1 Å². The van der Waals surface area contributed by atoms with Crippen LogP contribution in [0.1, 0.15) is 16.7 Å². The summed E-state index contributed by atoms with van der Waals surface area (Å²) in [6, 6.07) is 9.41. The monoisotopic (exact) mass is 258 g/mol. The van der Waals surface area contributed by atoms with Gasteiger partial charge in [0.15, 0.2) is 0 Å². The van der Waals surface area contributed by atoms with Gasteiger partial charge in [-0.3, -0.25) is 0 Å². The van der Waals surface area contributed by atoms with Gasteiger partial charge in [0.25, 0.3) is 0 Å². The summed E-state index contributed by atoms with van der Waals surface area (Å²) in [5.41, 5.74) is 1.94. The van der Waals surface area contributed by atoms with Gasteiger partial charge in [-0.2, -0.15) is 5.26 Å². The zero-order chi connectivity index (χ0) is 14.0. The first-order valence-electron chi connectivity index (χ1n) is 5.75. The molecule has 2 nitrogen and oxygen atoms in total. The summed E-state index contributed by atoms with van der Waals surface area (Å²) in [7, 11) is 0. The minimum atomic E-state index is -0.550. The van der Waals surface area contributed by atoms with E-state index in [0.29, 0.717) is 11.3 Å². The molecule has 4 heteroatoms. The first-order chi connectivity index (χ1) is 9.02. The third-order valence-electron chi connectivity index (χ3n) is 2.90. The van der Waals surface area contributed by atoms with E-state index in [0.717, 1.165) is 17.7 Å². The Hall–Kier alpha value is -2.41. The van der Waals surface area contributed by atoms with Crippen LogP contribution in [0.5, 0.6) is 0 Å². The van der Waals surface area contributed by atoms with E-state index in [1.165, 1.54) is 6.92 Å². The molecule has 0 aliphatic heterocycles. The molecular weight excluding hydrogens is 246 g/mol. The Morgan fingerprint density at radius 1 is 1.05 bits per heavy atom. The number of para-hydroxylation sites is 1. The molecule has 0 unspecified atom stereocenters. The standard InChI is InChI=1S/C15H12F2N2/c1-9-4-3-5-11(8-18)15(9)19-14-7-12(16)10(2)6-13(14)17/h3-7,19H,1-2H3. The Bertz CT molecular complexity index is 673. The Kier molecular flexibility index (Phi) is 3.48. The molecule has 0 spiro atoms. The molecule has 0 aliphatic carbocycles. The van der Waals surface area contributed by atoms with Gasteiger partial charge in [0.2, 0.25) is 0 Å². The molecule has 96 valence electrons. The maximum atomic E-state index is 13.8. The number of benzene rings is 2. The van der Waals surface area contributed by atoms with Crippen LogP contribution in [-0.4, -0.2) is 0 Å². The molecule has 0 bridgehead atoms. The molecule has 0 heterocycles. The van der Waals surface area contributed by atoms with Gasteiger partial charge < -0.3 is 5.32 Å². The predicted molar refractivity (Wildman–Crippen MR) is 70.3 cm³/mol. The van der Waals surface area contributed by atoms with Crippen molar-refractivity contribution in [1.29, 1.82) is 5.26 Å². The van der Waals surface area contributed by atoms with Gasteiger partial charge in [0.05, 0.1) is 16.9 Å². The van der Waals surface area contributed by atoms with Crippen LogP contribution in [0.4, 0.5) is 20.2 Å². The molecular formula is C15H12F2N2. The maximum Gasteiger partial charge on any atom is 0.147 e. The molecule has 19 heavy (non-hydrogen) atoms. The lowest BCUT2D eigenvalue weighted by molar-refractivity contribution is 0.595. The average molecular weight is 258 g/mol. The van der Waals surface area contributed by atoms with Crippen molar-refractivity contribution in [1.82, 2.24) is 0 Å². The summed E-state index contributed by atoms with van der Waals surface area (Å²) >= 11 is 0. The van der Waals surface area contributed by atoms with Crippen LogP contribution in [0.15, 0.2) is 30.3 Å². The Morgan fingerprint density at radius 3 is 2.47 bits per heavy atom. The van der Waals surface area contributed by atoms with Gasteiger partial charge in [0, 0.05) is 6.07 Å². The smallest absolute Gasteiger partial charge is 0.147 e. The van der Waals surface area contributed by atoms with E-state index in [2.05, 4.69) is 5.32 Å². The van der Waals surface area contributed by atoms with Gasteiger partial charge in [-0.25, -0.2) is 8.78 Å². The van der Waals surface area contributed by atoms with E-state index >= 15 is 0 Å². The fourth-order valence-electron chi connectivity index (χ4n) is 1.80. The molecule has 0 fully saturated rings. The van der Waals surface area contributed by atoms with Gasteiger partial charge in [-0.05, 0) is 37.1 Å². The highest BCUT2D eigenvalue weighted by molar-refractivity contribution is 5.70. The van der Waals surface area contributed by atoms with Crippen LogP contribution < -0.4 is 5.32 Å². The van der Waals surface area contributed by atoms with Gasteiger partial charge in [-0.1, -0.05) is 12.1 Å². The molecule has 1 N–H and O–H groups in total. The van der Waals surface area contributed by atoms with Crippen molar-refractivity contribution >= 4 is 11.4 Å². The SMILES string of the molecule is Cc1cc(F)c(Nc2c(C)cccc2C#N)cc1F. The van der Waals surface area contributed by atoms with Crippen LogP contribution in [0.3, 0.4) is 0 Å². The van der Waals surface area contributed by atoms with E-state index < -0.39 is 11.6 Å². The number of rotatable bonds is 2. The quantitative estimate of drug-likeness (QED) is 0.876. The maximum absolute atomic E-state index is 13.8. The van der Waals surface area contributed by atoms with Crippen molar-refractivity contribution in [2.75, 3.05) is 5.32 Å². The molecule has 0 aromatic heterocycles. The summed E-state index contributed by atoms with van der Waals surface area (Å²) in [4.78, 5) is 0. The zero-order valence-electron chi connectivity index (χ0n) is 10.6. The molecule has 2 rings (SSSR count). The van der Waals surface area contributed by atoms with E-state index in [9.17, 15) is 8.78 Å². The summed E-state index contributed by atoms with van der Waals surface area (Å²) in [5, 5.41) is 11.8. The summed E-state index contributed by atoms with van der Waals surface area (Å²) in [6.07, 6.45) is 0. The van der Waals surface area contributed by atoms with E-state index in [-0.39, 0.29) is 11.3 Å². The number of anilines is 2. The number of aryl methyl sites for hydroxylation is 2. The molecule has 0 atom stereocenters. The first kappa shape index (κ1) is 13.0. The Labute approximate surface area is 110 Å². The first-order valence-corrected chi connectivity index (χ1v) is 5.75. The van der Waals surface area contributed by atoms with E-state index in [4.69, 9.17) is 5.26 Å². The van der Waals surface area contributed by atoms with Gasteiger partial charge in [0.1, 0.15) is 17.7 Å². The number of hydrogen-bond acceptors (Lipinski definition) is 2. The summed E-state index contributed by atoms with van der Waals surface area (Å²) in [6.45, 7) is 3.29. The highest BCUT2D eigenvalue weighted by Crippen LogP contribution is 2.27. The lowest BCUT2D eigenvalue weighted by Crippen LogP contribution is -2.00. The second-order valence-corrected chi connectivity index (χ2v) is 4.32. The molecule has 0 radical (unpaired) electrons. The van der Waals surface area contributed by atoms with Crippen LogP contribution in [0, 0.1) is 36.8 Å². The number of hydrogen-bond donors (Lipinski definition) is 1. The van der Waals surface area contributed by atoms with Crippen molar-refractivity contribution in [2.45, 2.75) is 13.8 Å². The van der Waals surface area contributed by atoms with Crippen molar-refractivity contribution in [3.05, 3.63) is 58.7 Å². The minimum absolute atomic E-state index is 0.0221. The van der Waals surface area contributed by atoms with Crippen LogP contribution in [0.2, 0.25) is 0 Å². The predicted octanol–water partition coefficient (Wildman–Crippen LogP) is 4.20. The zero-order valence-corrected chi connectivity index (χ0v) is 10.6. The number of nitriles is 1. The fourth-order valence-corrected chi connectivity index (χ4v) is 1.80. The van der Waals surface area contributed by atoms with E-state index in [1.807, 2.05) is 6.07 Å². The van der Waals surface area contributed by atoms with Gasteiger partial charge in [-0.15, -0.1) is 0 Å². The Balaban J connectivity index is 2.48. The van der Waals surface area contributed by atoms with Crippen molar-refractivity contribution in [2.24, 2.45) is 0 Å². The third kappa shape index (κ3) is 2.55.